The molecule has 2 atom stereocenters. The average Bonchev–Trinajstić information content (AvgIpc) is 3.51. The third-order valence-corrected chi connectivity index (χ3v) is 10.3. The van der Waals surface area contributed by atoms with Gasteiger partial charge in [0, 0.05) is 30.9 Å². The number of nitro benzene ring substituents is 2. The molecule has 0 amide bonds. The lowest BCUT2D eigenvalue weighted by atomic mass is 9.90. The lowest BCUT2D eigenvalue weighted by molar-refractivity contribution is -0.384. The molecule has 6 rings (SSSR count). The second-order valence-electron chi connectivity index (χ2n) is 12.5. The molecule has 48 heavy (non-hydrogen) atoms. The second kappa shape index (κ2) is 14.5. The Balaban J connectivity index is 1.27. The molecule has 2 aliphatic rings. The van der Waals surface area contributed by atoms with Crippen LogP contribution in [0.1, 0.15) is 67.3 Å². The molecule has 0 spiro atoms. The highest BCUT2D eigenvalue weighted by Crippen LogP contribution is 2.49. The monoisotopic (exact) mass is 694 g/mol. The minimum atomic E-state index is -0.707. The molecule has 2 saturated heterocycles. The van der Waals surface area contributed by atoms with Gasteiger partial charge in [-0.3, -0.25) is 20.2 Å². The summed E-state index contributed by atoms with van der Waals surface area (Å²) in [4.78, 5) is 25.8. The van der Waals surface area contributed by atoms with Gasteiger partial charge in [0.25, 0.3) is 11.4 Å². The molecule has 0 saturated carbocycles. The Morgan fingerprint density at radius 3 is 1.75 bits per heavy atom. The number of benzene rings is 4. The molecule has 0 radical (unpaired) electrons. The summed E-state index contributed by atoms with van der Waals surface area (Å²) in [5.74, 6) is -0.921. The first kappa shape index (κ1) is 33.6. The molecule has 250 valence electrons. The molecular weight excluding hydrogens is 661 g/mol. The summed E-state index contributed by atoms with van der Waals surface area (Å²) in [6, 6.07) is 20.8. The van der Waals surface area contributed by atoms with Gasteiger partial charge < -0.3 is 9.80 Å². The Bertz CT molecular complexity index is 1730. The average molecular weight is 696 g/mol. The fourth-order valence-electron chi connectivity index (χ4n) is 7.27. The zero-order valence-electron chi connectivity index (χ0n) is 26.0. The molecule has 0 aliphatic carbocycles. The summed E-state index contributed by atoms with van der Waals surface area (Å²) in [7, 11) is 0. The van der Waals surface area contributed by atoms with Gasteiger partial charge in [-0.25, -0.2) is 8.78 Å². The molecule has 8 nitrogen and oxygen atoms in total. The standard InChI is InChI=1S/C36H34Cl2F2N4O4/c37-28-11-9-25(19-34(28)43(45)46)32-13-14-33(26-10-12-29(38)35(20-26)44(47)48)42(32)27-21-30(39)36(31(40)22-27)41-17-15-24(16-18-41)8-4-7-23-5-2-1-3-6-23/h1-3,5-6,9-12,19-22,24,32-33H,4,7-8,13-18H2. The van der Waals surface area contributed by atoms with Gasteiger partial charge in [-0.15, -0.1) is 0 Å². The molecule has 4 aromatic rings. The van der Waals surface area contributed by atoms with Crippen molar-refractivity contribution in [3.05, 3.63) is 137 Å². The van der Waals surface area contributed by atoms with E-state index in [-0.39, 0.29) is 32.8 Å². The highest BCUT2D eigenvalue weighted by molar-refractivity contribution is 6.33. The van der Waals surface area contributed by atoms with Crippen LogP contribution in [0.2, 0.25) is 10.0 Å². The van der Waals surface area contributed by atoms with Crippen LogP contribution in [0.15, 0.2) is 78.9 Å². The summed E-state index contributed by atoms with van der Waals surface area (Å²) >= 11 is 12.2. The molecule has 2 unspecified atom stereocenters. The van der Waals surface area contributed by atoms with E-state index >= 15 is 8.78 Å². The van der Waals surface area contributed by atoms with Crippen LogP contribution in [0, 0.1) is 37.8 Å². The highest BCUT2D eigenvalue weighted by atomic mass is 35.5. The largest absolute Gasteiger partial charge is 0.367 e. The van der Waals surface area contributed by atoms with Crippen molar-refractivity contribution in [2.45, 2.75) is 57.0 Å². The van der Waals surface area contributed by atoms with Crippen molar-refractivity contribution in [2.75, 3.05) is 22.9 Å². The van der Waals surface area contributed by atoms with Crippen LogP contribution in [0.25, 0.3) is 0 Å². The van der Waals surface area contributed by atoms with E-state index in [1.54, 1.807) is 21.9 Å². The lowest BCUT2D eigenvalue weighted by Gasteiger charge is -2.36. The van der Waals surface area contributed by atoms with Gasteiger partial charge in [0.05, 0.1) is 21.9 Å². The highest BCUT2D eigenvalue weighted by Gasteiger charge is 2.38. The number of hydrogen-bond acceptors (Lipinski definition) is 6. The Hall–Kier alpha value is -4.28. The molecule has 0 bridgehead atoms. The van der Waals surface area contributed by atoms with Gasteiger partial charge >= 0.3 is 0 Å². The number of hydrogen-bond donors (Lipinski definition) is 0. The number of halogens is 4. The molecule has 2 fully saturated rings. The number of aryl methyl sites for hydroxylation is 1. The van der Waals surface area contributed by atoms with E-state index in [4.69, 9.17) is 23.2 Å². The van der Waals surface area contributed by atoms with Crippen molar-refractivity contribution < 1.29 is 18.6 Å². The van der Waals surface area contributed by atoms with Crippen molar-refractivity contribution in [1.82, 2.24) is 0 Å². The van der Waals surface area contributed by atoms with Crippen LogP contribution < -0.4 is 9.80 Å². The SMILES string of the molecule is O=[N+]([O-])c1cc(C2CCC(c3ccc(Cl)c([N+](=O)[O-])c3)N2c2cc(F)c(N3CCC(CCCc4ccccc4)CC3)c(F)c2)ccc1Cl. The lowest BCUT2D eigenvalue weighted by Crippen LogP contribution is -2.35. The number of nitrogens with zero attached hydrogens (tertiary/aromatic N) is 4. The maximum atomic E-state index is 16.0. The van der Waals surface area contributed by atoms with E-state index in [0.717, 1.165) is 32.1 Å². The van der Waals surface area contributed by atoms with Crippen LogP contribution in [0.3, 0.4) is 0 Å². The fraction of sp³-hybridized carbons (Fsp3) is 0.333. The van der Waals surface area contributed by atoms with E-state index in [2.05, 4.69) is 12.1 Å². The van der Waals surface area contributed by atoms with Crippen molar-refractivity contribution in [2.24, 2.45) is 5.92 Å². The third kappa shape index (κ3) is 7.10. The molecule has 0 N–H and O–H groups in total. The number of anilines is 2. The van der Waals surface area contributed by atoms with Crippen molar-refractivity contribution >= 4 is 46.0 Å². The summed E-state index contributed by atoms with van der Waals surface area (Å²) in [5.41, 5.74) is 1.98. The van der Waals surface area contributed by atoms with Crippen molar-refractivity contribution in [3.63, 3.8) is 0 Å². The Morgan fingerprint density at radius 2 is 1.25 bits per heavy atom. The smallest absolute Gasteiger partial charge is 0.288 e. The van der Waals surface area contributed by atoms with E-state index < -0.39 is 33.6 Å². The Morgan fingerprint density at radius 1 is 0.729 bits per heavy atom. The van der Waals surface area contributed by atoms with Crippen molar-refractivity contribution in [3.8, 4) is 0 Å². The normalized spacial score (nSPS) is 18.3. The predicted octanol–water partition coefficient (Wildman–Crippen LogP) is 10.4. The maximum Gasteiger partial charge on any atom is 0.288 e. The molecule has 4 aromatic carbocycles. The Kier molecular flexibility index (Phi) is 10.1. The minimum absolute atomic E-state index is 0.0282. The predicted molar refractivity (Wildman–Crippen MR) is 184 cm³/mol. The first-order valence-corrected chi connectivity index (χ1v) is 16.8. The topological polar surface area (TPSA) is 92.8 Å². The second-order valence-corrected chi connectivity index (χ2v) is 13.3. The van der Waals surface area contributed by atoms with E-state index in [1.807, 2.05) is 18.2 Å². The molecule has 2 heterocycles. The fourth-order valence-corrected chi connectivity index (χ4v) is 7.64. The number of nitro groups is 2. The summed E-state index contributed by atoms with van der Waals surface area (Å²) in [5, 5.41) is 23.3. The van der Waals surface area contributed by atoms with Gasteiger partial charge in [0.15, 0.2) is 11.6 Å². The first-order valence-electron chi connectivity index (χ1n) is 16.0. The minimum Gasteiger partial charge on any atom is -0.367 e. The first-order chi connectivity index (χ1) is 23.1. The van der Waals surface area contributed by atoms with Gasteiger partial charge in [0.1, 0.15) is 15.7 Å². The van der Waals surface area contributed by atoms with Crippen LogP contribution in [0.5, 0.6) is 0 Å². The van der Waals surface area contributed by atoms with Crippen LogP contribution in [-0.4, -0.2) is 22.9 Å². The van der Waals surface area contributed by atoms with Gasteiger partial charge in [-0.1, -0.05) is 65.7 Å². The molecular formula is C36H34Cl2F2N4O4. The zero-order valence-corrected chi connectivity index (χ0v) is 27.5. The summed E-state index contributed by atoms with van der Waals surface area (Å²) in [6.07, 6.45) is 5.75. The van der Waals surface area contributed by atoms with Crippen molar-refractivity contribution in [1.29, 1.82) is 0 Å². The third-order valence-electron chi connectivity index (χ3n) is 9.64. The van der Waals surface area contributed by atoms with Crippen LogP contribution >= 0.6 is 23.2 Å². The molecule has 12 heteroatoms. The van der Waals surface area contributed by atoms with E-state index in [0.29, 0.717) is 43.0 Å². The van der Waals surface area contributed by atoms with Gasteiger partial charge in [-0.05, 0) is 91.8 Å². The van der Waals surface area contributed by atoms with Crippen LogP contribution in [-0.2, 0) is 6.42 Å². The summed E-state index contributed by atoms with van der Waals surface area (Å²) in [6.45, 7) is 1.09. The Labute approximate surface area is 287 Å². The number of piperidine rings is 1. The van der Waals surface area contributed by atoms with Gasteiger partial charge in [0.2, 0.25) is 0 Å². The molecule has 0 aromatic heterocycles. The maximum absolute atomic E-state index is 16.0. The zero-order chi connectivity index (χ0) is 33.9. The van der Waals surface area contributed by atoms with Crippen LogP contribution in [0.4, 0.5) is 31.5 Å². The quantitative estimate of drug-likeness (QED) is 0.121. The van der Waals surface area contributed by atoms with Gasteiger partial charge in [-0.2, -0.15) is 0 Å². The summed E-state index contributed by atoms with van der Waals surface area (Å²) < 4.78 is 32.0. The number of rotatable bonds is 10. The van der Waals surface area contributed by atoms with E-state index in [9.17, 15) is 20.2 Å². The molecule has 2 aliphatic heterocycles. The van der Waals surface area contributed by atoms with E-state index in [1.165, 1.54) is 42.0 Å².